The summed E-state index contributed by atoms with van der Waals surface area (Å²) < 4.78 is 13.3. The van der Waals surface area contributed by atoms with Gasteiger partial charge in [-0.05, 0) is 109 Å². The molecular weight excluding hydrogens is 807 g/mol. The molecule has 0 radical (unpaired) electrons. The van der Waals surface area contributed by atoms with Crippen molar-refractivity contribution in [3.8, 4) is 67.5 Å². The number of rotatable bonds is 3. The summed E-state index contributed by atoms with van der Waals surface area (Å²) in [4.78, 5) is 16.2. The van der Waals surface area contributed by atoms with Crippen molar-refractivity contribution in [3.63, 3.8) is 0 Å². The van der Waals surface area contributed by atoms with Crippen LogP contribution in [0, 0.1) is 0 Å². The number of furan rings is 2. The first kappa shape index (κ1) is 36.0. The zero-order chi connectivity index (χ0) is 43.5. The minimum Gasteiger partial charge on any atom is -0.456 e. The standard InChI is InChI=1S/C61H37N3O2/c1-60(2)47-21-8-3-14-36(47)39-28-26-34(30-50(39)60)57-62-58(64-59(63-57)44-20-13-19-43-41-17-6-12-25-54(41)66-56(43)44)35-27-29-40-45-32-46-42-18-7-11-24-53(42)65-55(46)33-52(45)61(51(40)31-35)48-22-9-4-15-37(48)38-16-5-10-23-49(38)61/h3-33H,1-2H3. The lowest BCUT2D eigenvalue weighted by Gasteiger charge is -2.30. The molecule has 0 N–H and O–H groups in total. The molecule has 3 aliphatic rings. The molecule has 15 rings (SSSR count). The highest BCUT2D eigenvalue weighted by molar-refractivity contribution is 6.10. The maximum atomic E-state index is 6.63. The van der Waals surface area contributed by atoms with Gasteiger partial charge in [-0.15, -0.1) is 0 Å². The molecule has 1 spiro atoms. The number of hydrogen-bond donors (Lipinski definition) is 0. The second-order valence-corrected chi connectivity index (χ2v) is 18.6. The number of para-hydroxylation sites is 3. The average molecular weight is 844 g/mol. The topological polar surface area (TPSA) is 65.0 Å². The van der Waals surface area contributed by atoms with Crippen molar-refractivity contribution in [2.24, 2.45) is 0 Å². The van der Waals surface area contributed by atoms with E-state index >= 15 is 0 Å². The normalized spacial score (nSPS) is 14.5. The molecule has 308 valence electrons. The van der Waals surface area contributed by atoms with Crippen molar-refractivity contribution in [3.05, 3.63) is 221 Å². The van der Waals surface area contributed by atoms with Gasteiger partial charge in [0.15, 0.2) is 17.5 Å². The SMILES string of the molecule is CC1(C)c2ccccc2-c2ccc(-c3nc(-c4ccc5c(c4)C4(c6ccccc6-c6ccccc64)c4cc6oc7ccccc7c6cc4-5)nc(-c4cccc5c4oc4ccccc45)n3)cc21. The van der Waals surface area contributed by atoms with Gasteiger partial charge in [-0.1, -0.05) is 159 Å². The lowest BCUT2D eigenvalue weighted by molar-refractivity contribution is 0.660. The second-order valence-electron chi connectivity index (χ2n) is 18.6. The van der Waals surface area contributed by atoms with E-state index < -0.39 is 5.41 Å². The highest BCUT2D eigenvalue weighted by Gasteiger charge is 2.52. The quantitative estimate of drug-likeness (QED) is 0.177. The summed E-state index contributed by atoms with van der Waals surface area (Å²) in [6.45, 7) is 4.62. The summed E-state index contributed by atoms with van der Waals surface area (Å²) in [6, 6.07) is 67.5. The molecule has 0 atom stereocenters. The fourth-order valence-corrected chi connectivity index (χ4v) is 12.0. The van der Waals surface area contributed by atoms with Crippen LogP contribution in [0.3, 0.4) is 0 Å². The highest BCUT2D eigenvalue weighted by atomic mass is 16.3. The van der Waals surface area contributed by atoms with Gasteiger partial charge in [0.25, 0.3) is 0 Å². The molecule has 0 fully saturated rings. The summed E-state index contributed by atoms with van der Waals surface area (Å²) in [7, 11) is 0. The van der Waals surface area contributed by atoms with E-state index in [0.717, 1.165) is 60.6 Å². The first-order valence-electron chi connectivity index (χ1n) is 22.7. The molecule has 0 saturated carbocycles. The molecule has 0 unspecified atom stereocenters. The maximum absolute atomic E-state index is 6.63. The summed E-state index contributed by atoms with van der Waals surface area (Å²) in [6.07, 6.45) is 0. The fraction of sp³-hybridized carbons (Fsp3) is 0.0656. The van der Waals surface area contributed by atoms with E-state index in [9.17, 15) is 0 Å². The van der Waals surface area contributed by atoms with E-state index in [-0.39, 0.29) is 5.41 Å². The summed E-state index contributed by atoms with van der Waals surface area (Å²) in [5, 5.41) is 4.32. The second kappa shape index (κ2) is 12.6. The van der Waals surface area contributed by atoms with E-state index in [1.807, 2.05) is 18.2 Å². The molecule has 3 aromatic heterocycles. The minimum atomic E-state index is -0.611. The first-order chi connectivity index (χ1) is 32.4. The van der Waals surface area contributed by atoms with Crippen LogP contribution in [-0.2, 0) is 10.8 Å². The van der Waals surface area contributed by atoms with E-state index in [4.69, 9.17) is 23.8 Å². The van der Waals surface area contributed by atoms with Crippen LogP contribution in [0.1, 0.15) is 47.2 Å². The van der Waals surface area contributed by atoms with Crippen LogP contribution in [-0.4, -0.2) is 15.0 Å². The number of nitrogens with zero attached hydrogens (tertiary/aromatic N) is 3. The third-order valence-corrected chi connectivity index (χ3v) is 15.0. The van der Waals surface area contributed by atoms with Crippen LogP contribution in [0.5, 0.6) is 0 Å². The number of benzene rings is 9. The van der Waals surface area contributed by atoms with Gasteiger partial charge in [-0.2, -0.15) is 0 Å². The molecule has 12 aromatic rings. The fourth-order valence-electron chi connectivity index (χ4n) is 12.0. The van der Waals surface area contributed by atoms with Gasteiger partial charge in [-0.25, -0.2) is 15.0 Å². The molecule has 3 heterocycles. The Balaban J connectivity index is 0.995. The van der Waals surface area contributed by atoms with Crippen molar-refractivity contribution < 1.29 is 8.83 Å². The Kier molecular flexibility index (Phi) is 6.90. The number of hydrogen-bond acceptors (Lipinski definition) is 5. The van der Waals surface area contributed by atoms with Crippen molar-refractivity contribution in [2.75, 3.05) is 0 Å². The molecule has 0 amide bonds. The maximum Gasteiger partial charge on any atom is 0.167 e. The molecule has 9 aromatic carbocycles. The van der Waals surface area contributed by atoms with Crippen molar-refractivity contribution in [1.29, 1.82) is 0 Å². The Labute approximate surface area is 379 Å². The average Bonchev–Trinajstić information content (AvgIpc) is 4.14. The van der Waals surface area contributed by atoms with Gasteiger partial charge in [0.05, 0.1) is 11.0 Å². The molecule has 0 aliphatic heterocycles. The van der Waals surface area contributed by atoms with Crippen LogP contribution >= 0.6 is 0 Å². The highest BCUT2D eigenvalue weighted by Crippen LogP contribution is 2.64. The molecule has 0 bridgehead atoms. The first-order valence-corrected chi connectivity index (χ1v) is 22.7. The summed E-state index contributed by atoms with van der Waals surface area (Å²) in [5.74, 6) is 1.77. The van der Waals surface area contributed by atoms with Gasteiger partial charge in [0, 0.05) is 38.1 Å². The van der Waals surface area contributed by atoms with Gasteiger partial charge >= 0.3 is 0 Å². The Bertz CT molecular complexity index is 4070. The Morgan fingerprint density at radius 3 is 1.50 bits per heavy atom. The molecule has 5 nitrogen and oxygen atoms in total. The monoisotopic (exact) mass is 843 g/mol. The van der Waals surface area contributed by atoms with Crippen LogP contribution in [0.15, 0.2) is 197 Å². The zero-order valence-corrected chi connectivity index (χ0v) is 36.1. The summed E-state index contributed by atoms with van der Waals surface area (Å²) >= 11 is 0. The van der Waals surface area contributed by atoms with Gasteiger partial charge in [0.2, 0.25) is 0 Å². The zero-order valence-electron chi connectivity index (χ0n) is 36.1. The van der Waals surface area contributed by atoms with Crippen LogP contribution in [0.25, 0.3) is 111 Å². The number of fused-ring (bicyclic) bond motifs is 19. The Hall–Kier alpha value is -8.41. The van der Waals surface area contributed by atoms with Crippen LogP contribution in [0.2, 0.25) is 0 Å². The molecule has 66 heavy (non-hydrogen) atoms. The molecule has 3 aliphatic carbocycles. The smallest absolute Gasteiger partial charge is 0.167 e. The summed E-state index contributed by atoms with van der Waals surface area (Å²) in [5.41, 5.74) is 20.2. The van der Waals surface area contributed by atoms with Gasteiger partial charge < -0.3 is 8.83 Å². The van der Waals surface area contributed by atoms with Gasteiger partial charge in [-0.3, -0.25) is 0 Å². The predicted molar refractivity (Wildman–Crippen MR) is 265 cm³/mol. The molecule has 5 heteroatoms. The van der Waals surface area contributed by atoms with Gasteiger partial charge in [0.1, 0.15) is 22.3 Å². The number of aromatic nitrogens is 3. The minimum absolute atomic E-state index is 0.189. The van der Waals surface area contributed by atoms with Crippen LogP contribution in [0.4, 0.5) is 0 Å². The molecular formula is C61H37N3O2. The third kappa shape index (κ3) is 4.56. The van der Waals surface area contributed by atoms with Crippen molar-refractivity contribution in [1.82, 2.24) is 15.0 Å². The van der Waals surface area contributed by atoms with Crippen LogP contribution < -0.4 is 0 Å². The largest absolute Gasteiger partial charge is 0.456 e. The third-order valence-electron chi connectivity index (χ3n) is 15.0. The van der Waals surface area contributed by atoms with E-state index in [1.54, 1.807) is 0 Å². The lowest BCUT2D eigenvalue weighted by Crippen LogP contribution is -2.25. The Morgan fingerprint density at radius 2 is 0.803 bits per heavy atom. The lowest BCUT2D eigenvalue weighted by atomic mass is 9.70. The predicted octanol–water partition coefficient (Wildman–Crippen LogP) is 15.3. The van der Waals surface area contributed by atoms with E-state index in [0.29, 0.717) is 17.5 Å². The molecule has 0 saturated heterocycles. The van der Waals surface area contributed by atoms with E-state index in [1.165, 1.54) is 66.8 Å². The van der Waals surface area contributed by atoms with Crippen molar-refractivity contribution in [2.45, 2.75) is 24.7 Å². The van der Waals surface area contributed by atoms with Crippen molar-refractivity contribution >= 4 is 43.9 Å². The Morgan fingerprint density at radius 1 is 0.318 bits per heavy atom. The van der Waals surface area contributed by atoms with E-state index in [2.05, 4.69) is 184 Å².